The van der Waals surface area contributed by atoms with Crippen LogP contribution in [-0.2, 0) is 18.5 Å². The Labute approximate surface area is 51.6 Å². The zero-order valence-corrected chi connectivity index (χ0v) is 4.98. The van der Waals surface area contributed by atoms with Crippen molar-refractivity contribution in [2.45, 2.75) is 6.61 Å². The Kier molecular flexibility index (Phi) is 1.71. The van der Waals surface area contributed by atoms with Gasteiger partial charge in [-0.1, -0.05) is 0 Å². The van der Waals surface area contributed by atoms with E-state index in [0.29, 0.717) is 5.82 Å². The van der Waals surface area contributed by atoms with Gasteiger partial charge in [0.1, 0.15) is 6.61 Å². The molecule has 0 unspecified atom stereocenters. The van der Waals surface area contributed by atoms with Gasteiger partial charge in [0.05, 0.1) is 0 Å². The molecule has 1 aromatic heterocycles. The summed E-state index contributed by atoms with van der Waals surface area (Å²) >= 11 is 0. The molecule has 0 saturated carbocycles. The van der Waals surface area contributed by atoms with E-state index < -0.39 is 0 Å². The maximum atomic E-state index is 4.78. The molecule has 2 N–H and O–H groups in total. The van der Waals surface area contributed by atoms with Crippen molar-refractivity contribution in [1.82, 2.24) is 20.2 Å². The predicted molar refractivity (Wildman–Crippen MR) is 27.8 cm³/mol. The minimum Gasteiger partial charge on any atom is -0.296 e. The van der Waals surface area contributed by atoms with E-state index in [2.05, 4.69) is 20.4 Å². The second-order valence-electron chi connectivity index (χ2n) is 1.53. The molecule has 0 spiro atoms. The van der Waals surface area contributed by atoms with Crippen molar-refractivity contribution in [2.24, 2.45) is 12.9 Å². The van der Waals surface area contributed by atoms with Crippen molar-refractivity contribution in [1.29, 1.82) is 0 Å². The molecule has 1 heterocycles. The fraction of sp³-hybridized carbons (Fsp3) is 0.667. The van der Waals surface area contributed by atoms with Crippen LogP contribution < -0.4 is 5.90 Å². The molecule has 9 heavy (non-hydrogen) atoms. The minimum absolute atomic E-state index is 0.240. The molecule has 6 heteroatoms. The molecule has 50 valence electrons. The Balaban J connectivity index is 2.69. The van der Waals surface area contributed by atoms with Crippen LogP contribution in [0.5, 0.6) is 0 Å². The van der Waals surface area contributed by atoms with Crippen LogP contribution in [0.4, 0.5) is 0 Å². The highest BCUT2D eigenvalue weighted by atomic mass is 16.6. The summed E-state index contributed by atoms with van der Waals surface area (Å²) in [6.45, 7) is 0.240. The Hall–Kier alpha value is -1.01. The number of aryl methyl sites for hydroxylation is 1. The summed E-state index contributed by atoms with van der Waals surface area (Å²) in [5.74, 6) is 5.39. The summed E-state index contributed by atoms with van der Waals surface area (Å²) < 4.78 is 1.49. The molecule has 0 atom stereocenters. The molecule has 1 aromatic rings. The summed E-state index contributed by atoms with van der Waals surface area (Å²) in [7, 11) is 1.72. The summed E-state index contributed by atoms with van der Waals surface area (Å²) in [6, 6.07) is 0. The lowest BCUT2D eigenvalue weighted by molar-refractivity contribution is 0.115. The number of hydrogen-bond acceptors (Lipinski definition) is 5. The van der Waals surface area contributed by atoms with Gasteiger partial charge >= 0.3 is 0 Å². The van der Waals surface area contributed by atoms with Crippen molar-refractivity contribution >= 4 is 0 Å². The van der Waals surface area contributed by atoms with Gasteiger partial charge in [0.25, 0.3) is 0 Å². The molecule has 0 radical (unpaired) electrons. The molecule has 0 saturated heterocycles. The normalized spacial score (nSPS) is 10.0. The lowest BCUT2D eigenvalue weighted by atomic mass is 10.7. The summed E-state index contributed by atoms with van der Waals surface area (Å²) in [4.78, 5) is 4.30. The molecule has 0 bridgehead atoms. The van der Waals surface area contributed by atoms with Crippen LogP contribution in [0.15, 0.2) is 0 Å². The standard InChI is InChI=1S/C3H7N5O/c1-8-3(2-9-4)5-6-7-8/h2,4H2,1H3. The highest BCUT2D eigenvalue weighted by Crippen LogP contribution is 1.87. The van der Waals surface area contributed by atoms with E-state index in [4.69, 9.17) is 5.90 Å². The maximum Gasteiger partial charge on any atom is 0.178 e. The highest BCUT2D eigenvalue weighted by molar-refractivity contribution is 4.73. The Bertz CT molecular complexity index is 184. The van der Waals surface area contributed by atoms with Crippen molar-refractivity contribution in [3.05, 3.63) is 5.82 Å². The second-order valence-corrected chi connectivity index (χ2v) is 1.53. The lowest BCUT2D eigenvalue weighted by Gasteiger charge is -1.92. The van der Waals surface area contributed by atoms with Crippen LogP contribution in [0.1, 0.15) is 5.82 Å². The number of aromatic nitrogens is 4. The zero-order chi connectivity index (χ0) is 6.69. The van der Waals surface area contributed by atoms with E-state index in [0.717, 1.165) is 0 Å². The molecular formula is C3H7N5O. The first-order valence-electron chi connectivity index (χ1n) is 2.37. The highest BCUT2D eigenvalue weighted by Gasteiger charge is 1.98. The van der Waals surface area contributed by atoms with Crippen molar-refractivity contribution < 1.29 is 4.84 Å². The average molecular weight is 129 g/mol. The van der Waals surface area contributed by atoms with Crippen LogP contribution in [0.2, 0.25) is 0 Å². The smallest absolute Gasteiger partial charge is 0.178 e. The summed E-state index contributed by atoms with van der Waals surface area (Å²) in [5.41, 5.74) is 0. The minimum atomic E-state index is 0.240. The average Bonchev–Trinajstić information content (AvgIpc) is 2.18. The molecule has 0 amide bonds. The van der Waals surface area contributed by atoms with E-state index in [-0.39, 0.29) is 6.61 Å². The van der Waals surface area contributed by atoms with Gasteiger partial charge in [-0.05, 0) is 10.4 Å². The molecule has 0 aromatic carbocycles. The van der Waals surface area contributed by atoms with Crippen molar-refractivity contribution in [3.63, 3.8) is 0 Å². The van der Waals surface area contributed by atoms with Gasteiger partial charge in [0.15, 0.2) is 5.82 Å². The van der Waals surface area contributed by atoms with E-state index in [1.807, 2.05) is 0 Å². The van der Waals surface area contributed by atoms with Gasteiger partial charge in [-0.25, -0.2) is 10.6 Å². The first kappa shape index (κ1) is 6.12. The predicted octanol–water partition coefficient (Wildman–Crippen LogP) is -1.40. The van der Waals surface area contributed by atoms with Crippen LogP contribution in [0.25, 0.3) is 0 Å². The van der Waals surface area contributed by atoms with Gasteiger partial charge in [-0.3, -0.25) is 4.84 Å². The Morgan fingerprint density at radius 2 is 2.56 bits per heavy atom. The quantitative estimate of drug-likeness (QED) is 0.497. The largest absolute Gasteiger partial charge is 0.296 e. The topological polar surface area (TPSA) is 78.8 Å². The fourth-order valence-electron chi connectivity index (χ4n) is 0.445. The van der Waals surface area contributed by atoms with Gasteiger partial charge in [0, 0.05) is 7.05 Å². The number of nitrogens with two attached hydrogens (primary N) is 1. The van der Waals surface area contributed by atoms with E-state index in [9.17, 15) is 0 Å². The van der Waals surface area contributed by atoms with E-state index in [1.54, 1.807) is 7.05 Å². The third kappa shape index (κ3) is 1.21. The third-order valence-corrected chi connectivity index (χ3v) is 0.920. The lowest BCUT2D eigenvalue weighted by Crippen LogP contribution is -2.05. The van der Waals surface area contributed by atoms with E-state index >= 15 is 0 Å². The molecule has 6 nitrogen and oxygen atoms in total. The summed E-state index contributed by atoms with van der Waals surface area (Å²) in [6.07, 6.45) is 0. The van der Waals surface area contributed by atoms with E-state index in [1.165, 1.54) is 4.68 Å². The summed E-state index contributed by atoms with van der Waals surface area (Å²) in [5, 5.41) is 10.5. The monoisotopic (exact) mass is 129 g/mol. The van der Waals surface area contributed by atoms with Crippen LogP contribution in [-0.4, -0.2) is 20.2 Å². The SMILES string of the molecule is Cn1nnnc1CON. The van der Waals surface area contributed by atoms with Crippen LogP contribution in [0.3, 0.4) is 0 Å². The molecule has 0 fully saturated rings. The fourth-order valence-corrected chi connectivity index (χ4v) is 0.445. The number of nitrogens with zero attached hydrogens (tertiary/aromatic N) is 4. The molecule has 0 aliphatic heterocycles. The zero-order valence-electron chi connectivity index (χ0n) is 4.98. The molecule has 1 rings (SSSR count). The first-order chi connectivity index (χ1) is 4.34. The van der Waals surface area contributed by atoms with Gasteiger partial charge in [0.2, 0.25) is 0 Å². The van der Waals surface area contributed by atoms with Gasteiger partial charge < -0.3 is 0 Å². The molecule has 0 aliphatic carbocycles. The maximum absolute atomic E-state index is 4.78. The number of rotatable bonds is 2. The molecule has 0 aliphatic rings. The number of tetrazole rings is 1. The van der Waals surface area contributed by atoms with Crippen molar-refractivity contribution in [2.75, 3.05) is 0 Å². The van der Waals surface area contributed by atoms with Gasteiger partial charge in [-0.15, -0.1) is 5.10 Å². The van der Waals surface area contributed by atoms with Gasteiger partial charge in [-0.2, -0.15) is 0 Å². The number of hydrogen-bond donors (Lipinski definition) is 1. The van der Waals surface area contributed by atoms with Crippen LogP contribution >= 0.6 is 0 Å². The Morgan fingerprint density at radius 1 is 1.78 bits per heavy atom. The first-order valence-corrected chi connectivity index (χ1v) is 2.37. The third-order valence-electron chi connectivity index (χ3n) is 0.920. The Morgan fingerprint density at radius 3 is 3.00 bits per heavy atom. The second kappa shape index (κ2) is 2.51. The molecular weight excluding hydrogens is 122 g/mol. The van der Waals surface area contributed by atoms with Crippen molar-refractivity contribution in [3.8, 4) is 0 Å². The van der Waals surface area contributed by atoms with Crippen LogP contribution in [0, 0.1) is 0 Å².